The van der Waals surface area contributed by atoms with E-state index in [0.717, 1.165) is 0 Å². The SMILES string of the molecule is C=CS(=O)(=O)C(COS(=O)(=O)c1ccccc1)S(=O)(=O)C=C. The summed E-state index contributed by atoms with van der Waals surface area (Å²) >= 11 is 0. The van der Waals surface area contributed by atoms with Crippen LogP contribution in [-0.4, -0.2) is 36.4 Å². The Kier molecular flexibility index (Phi) is 5.68. The van der Waals surface area contributed by atoms with Crippen molar-refractivity contribution in [3.05, 3.63) is 54.3 Å². The second-order valence-corrected chi connectivity index (χ2v) is 10.1. The molecule has 0 aliphatic rings. The summed E-state index contributed by atoms with van der Waals surface area (Å²) in [4.78, 5) is -0.222. The molecule has 10 heteroatoms. The average molecular weight is 366 g/mol. The van der Waals surface area contributed by atoms with Crippen LogP contribution in [0, 0.1) is 0 Å². The van der Waals surface area contributed by atoms with Crippen LogP contribution >= 0.6 is 0 Å². The van der Waals surface area contributed by atoms with E-state index in [2.05, 4.69) is 17.3 Å². The highest BCUT2D eigenvalue weighted by atomic mass is 32.3. The van der Waals surface area contributed by atoms with Gasteiger partial charge in [-0.3, -0.25) is 4.18 Å². The molecule has 1 aromatic rings. The highest BCUT2D eigenvalue weighted by Crippen LogP contribution is 2.18. The van der Waals surface area contributed by atoms with Crippen LogP contribution in [0.1, 0.15) is 0 Å². The van der Waals surface area contributed by atoms with Gasteiger partial charge >= 0.3 is 0 Å². The summed E-state index contributed by atoms with van der Waals surface area (Å²) in [6.45, 7) is 4.93. The van der Waals surface area contributed by atoms with Crippen LogP contribution in [-0.2, 0) is 34.0 Å². The minimum absolute atomic E-state index is 0.222. The zero-order chi connectivity index (χ0) is 17.0. The Hall–Kier alpha value is -1.49. The molecule has 0 bridgehead atoms. The standard InChI is InChI=1S/C12H14O7S3/c1-3-20(13,14)12(21(15,16)4-2)10-19-22(17,18)11-8-6-5-7-9-11/h3-9,12H,1-2,10H2. The molecule has 0 heterocycles. The molecule has 0 aliphatic carbocycles. The van der Waals surface area contributed by atoms with Gasteiger partial charge < -0.3 is 0 Å². The topological polar surface area (TPSA) is 112 Å². The number of hydrogen-bond donors (Lipinski definition) is 0. The summed E-state index contributed by atoms with van der Waals surface area (Å²) in [7, 11) is -12.9. The molecular formula is C12H14O7S3. The van der Waals surface area contributed by atoms with Crippen molar-refractivity contribution in [2.24, 2.45) is 0 Å². The lowest BCUT2D eigenvalue weighted by Crippen LogP contribution is -2.33. The second kappa shape index (κ2) is 6.73. The molecule has 0 amide bonds. The van der Waals surface area contributed by atoms with Crippen molar-refractivity contribution in [1.29, 1.82) is 0 Å². The molecule has 0 unspecified atom stereocenters. The van der Waals surface area contributed by atoms with Crippen molar-refractivity contribution in [3.8, 4) is 0 Å². The zero-order valence-electron chi connectivity index (χ0n) is 11.3. The molecule has 0 spiro atoms. The Balaban J connectivity index is 3.14. The van der Waals surface area contributed by atoms with Crippen molar-refractivity contribution < 1.29 is 29.4 Å². The molecule has 0 fully saturated rings. The fourth-order valence-electron chi connectivity index (χ4n) is 1.39. The first-order chi connectivity index (χ1) is 10.1. The fourth-order valence-corrected chi connectivity index (χ4v) is 5.42. The van der Waals surface area contributed by atoms with E-state index >= 15 is 0 Å². The van der Waals surface area contributed by atoms with Crippen LogP contribution in [0.25, 0.3) is 0 Å². The van der Waals surface area contributed by atoms with E-state index in [0.29, 0.717) is 10.8 Å². The lowest BCUT2D eigenvalue weighted by atomic mass is 10.4. The highest BCUT2D eigenvalue weighted by Gasteiger charge is 2.36. The van der Waals surface area contributed by atoms with Crippen molar-refractivity contribution in [3.63, 3.8) is 0 Å². The number of sulfone groups is 2. The fraction of sp³-hybridized carbons (Fsp3) is 0.167. The molecule has 1 aromatic carbocycles. The first kappa shape index (κ1) is 18.6. The van der Waals surface area contributed by atoms with E-state index in [9.17, 15) is 25.3 Å². The van der Waals surface area contributed by atoms with Crippen LogP contribution in [0.4, 0.5) is 0 Å². The average Bonchev–Trinajstić information content (AvgIpc) is 2.47. The first-order valence-corrected chi connectivity index (χ1v) is 10.4. The van der Waals surface area contributed by atoms with Gasteiger partial charge in [0, 0.05) is 10.8 Å². The monoisotopic (exact) mass is 366 g/mol. The van der Waals surface area contributed by atoms with E-state index in [-0.39, 0.29) is 4.90 Å². The molecule has 0 saturated heterocycles. The number of benzene rings is 1. The number of hydrogen-bond acceptors (Lipinski definition) is 7. The Morgan fingerprint density at radius 1 is 0.909 bits per heavy atom. The Bertz CT molecular complexity index is 813. The minimum Gasteiger partial charge on any atom is -0.264 e. The summed E-state index contributed by atoms with van der Waals surface area (Å²) < 4.78 is 73.2. The van der Waals surface area contributed by atoms with Crippen LogP contribution in [0.2, 0.25) is 0 Å². The molecule has 122 valence electrons. The maximum atomic E-state index is 11.9. The van der Waals surface area contributed by atoms with E-state index in [1.54, 1.807) is 6.07 Å². The van der Waals surface area contributed by atoms with E-state index in [4.69, 9.17) is 0 Å². The molecule has 0 saturated carbocycles. The zero-order valence-corrected chi connectivity index (χ0v) is 13.8. The van der Waals surface area contributed by atoms with Gasteiger partial charge in [-0.1, -0.05) is 31.4 Å². The van der Waals surface area contributed by atoms with Gasteiger partial charge in [-0.15, -0.1) is 0 Å². The van der Waals surface area contributed by atoms with E-state index in [1.807, 2.05) is 0 Å². The molecule has 0 radical (unpaired) electrons. The van der Waals surface area contributed by atoms with Gasteiger partial charge in [-0.25, -0.2) is 16.8 Å². The van der Waals surface area contributed by atoms with Gasteiger partial charge in [-0.05, 0) is 12.1 Å². The molecular weight excluding hydrogens is 352 g/mol. The van der Waals surface area contributed by atoms with Gasteiger partial charge in [-0.2, -0.15) is 8.42 Å². The summed E-state index contributed by atoms with van der Waals surface area (Å²) in [5.41, 5.74) is 0. The maximum Gasteiger partial charge on any atom is 0.297 e. The Labute approximate surface area is 129 Å². The quantitative estimate of drug-likeness (QED) is 0.627. The van der Waals surface area contributed by atoms with Crippen LogP contribution in [0.15, 0.2) is 59.2 Å². The third-order valence-electron chi connectivity index (χ3n) is 2.59. The summed E-state index contributed by atoms with van der Waals surface area (Å²) in [5.74, 6) is 0. The van der Waals surface area contributed by atoms with Gasteiger partial charge in [0.25, 0.3) is 10.1 Å². The lowest BCUT2D eigenvalue weighted by molar-refractivity contribution is 0.330. The number of rotatable bonds is 8. The van der Waals surface area contributed by atoms with Crippen molar-refractivity contribution in [2.45, 2.75) is 9.48 Å². The molecule has 0 aliphatic heterocycles. The van der Waals surface area contributed by atoms with E-state index < -0.39 is 41.0 Å². The van der Waals surface area contributed by atoms with Gasteiger partial charge in [0.2, 0.25) is 0 Å². The normalized spacial score (nSPS) is 13.0. The van der Waals surface area contributed by atoms with E-state index in [1.165, 1.54) is 24.3 Å². The Morgan fingerprint density at radius 3 is 1.77 bits per heavy atom. The van der Waals surface area contributed by atoms with Crippen LogP contribution in [0.3, 0.4) is 0 Å². The van der Waals surface area contributed by atoms with Crippen LogP contribution < -0.4 is 0 Å². The summed E-state index contributed by atoms with van der Waals surface area (Å²) in [6.07, 6.45) is 0. The first-order valence-electron chi connectivity index (χ1n) is 5.74. The van der Waals surface area contributed by atoms with Crippen molar-refractivity contribution in [1.82, 2.24) is 0 Å². The lowest BCUT2D eigenvalue weighted by Gasteiger charge is -2.14. The largest absolute Gasteiger partial charge is 0.297 e. The molecule has 0 aromatic heterocycles. The van der Waals surface area contributed by atoms with Gasteiger partial charge in [0.15, 0.2) is 24.3 Å². The smallest absolute Gasteiger partial charge is 0.264 e. The molecule has 0 N–H and O–H groups in total. The third-order valence-corrected chi connectivity index (χ3v) is 8.16. The molecule has 7 nitrogen and oxygen atoms in total. The predicted molar refractivity (Wildman–Crippen MR) is 81.6 cm³/mol. The predicted octanol–water partition coefficient (Wildman–Crippen LogP) is 0.835. The summed E-state index contributed by atoms with van der Waals surface area (Å²) in [6, 6.07) is 6.91. The molecule has 1 rings (SSSR count). The van der Waals surface area contributed by atoms with Gasteiger partial charge in [0.05, 0.1) is 11.5 Å². The van der Waals surface area contributed by atoms with Gasteiger partial charge in [0.1, 0.15) is 0 Å². The van der Waals surface area contributed by atoms with Crippen molar-refractivity contribution in [2.75, 3.05) is 6.61 Å². The maximum absolute atomic E-state index is 11.9. The molecule has 22 heavy (non-hydrogen) atoms. The van der Waals surface area contributed by atoms with Crippen LogP contribution in [0.5, 0.6) is 0 Å². The third kappa shape index (κ3) is 4.26. The highest BCUT2D eigenvalue weighted by molar-refractivity contribution is 8.11. The second-order valence-electron chi connectivity index (χ2n) is 3.99. The van der Waals surface area contributed by atoms with Crippen molar-refractivity contribution >= 4 is 29.8 Å². The summed E-state index contributed by atoms with van der Waals surface area (Å²) in [5, 5.41) is 0.856. The minimum atomic E-state index is -4.32. The Morgan fingerprint density at radius 2 is 1.36 bits per heavy atom. The molecule has 0 atom stereocenters.